The maximum atomic E-state index is 12.5. The number of nitrogens with zero attached hydrogens (tertiary/aromatic N) is 2. The Morgan fingerprint density at radius 3 is 2.44 bits per heavy atom. The van der Waals surface area contributed by atoms with Gasteiger partial charge in [-0.25, -0.2) is 4.98 Å². The number of hydrogen-bond donors (Lipinski definition) is 2. The number of carbonyl (C=O) groups excluding carboxylic acids is 2. The Bertz CT molecular complexity index is 779. The SMILES string of the molecule is Cc1ncn(-c2ccc(NC(=O)C3CCCC(C(N)=O)C3)cc2)c1C. The van der Waals surface area contributed by atoms with Gasteiger partial charge in [-0.05, 0) is 57.4 Å². The number of benzene rings is 1. The molecule has 1 aliphatic carbocycles. The maximum Gasteiger partial charge on any atom is 0.227 e. The average molecular weight is 340 g/mol. The average Bonchev–Trinajstić information content (AvgIpc) is 2.95. The molecule has 1 aliphatic rings. The molecule has 3 N–H and O–H groups in total. The van der Waals surface area contributed by atoms with E-state index >= 15 is 0 Å². The molecule has 0 bridgehead atoms. The number of anilines is 1. The summed E-state index contributed by atoms with van der Waals surface area (Å²) in [5.74, 6) is -0.662. The lowest BCUT2D eigenvalue weighted by atomic mass is 9.80. The molecule has 0 saturated heterocycles. The van der Waals surface area contributed by atoms with Gasteiger partial charge in [-0.2, -0.15) is 0 Å². The van der Waals surface area contributed by atoms with Crippen molar-refractivity contribution in [2.45, 2.75) is 39.5 Å². The third-order valence-electron chi connectivity index (χ3n) is 5.11. The van der Waals surface area contributed by atoms with Crippen LogP contribution in [0.25, 0.3) is 5.69 Å². The van der Waals surface area contributed by atoms with Gasteiger partial charge in [0.2, 0.25) is 11.8 Å². The van der Waals surface area contributed by atoms with E-state index in [-0.39, 0.29) is 23.7 Å². The third-order valence-corrected chi connectivity index (χ3v) is 5.11. The van der Waals surface area contributed by atoms with E-state index in [2.05, 4.69) is 10.3 Å². The molecule has 0 spiro atoms. The highest BCUT2D eigenvalue weighted by atomic mass is 16.2. The van der Waals surface area contributed by atoms with Gasteiger partial charge >= 0.3 is 0 Å². The Morgan fingerprint density at radius 1 is 1.16 bits per heavy atom. The minimum Gasteiger partial charge on any atom is -0.369 e. The molecule has 0 radical (unpaired) electrons. The lowest BCUT2D eigenvalue weighted by molar-refractivity contribution is -0.125. The Labute approximate surface area is 147 Å². The van der Waals surface area contributed by atoms with Gasteiger partial charge in [0.1, 0.15) is 0 Å². The monoisotopic (exact) mass is 340 g/mol. The minimum atomic E-state index is -0.298. The summed E-state index contributed by atoms with van der Waals surface area (Å²) in [4.78, 5) is 28.1. The van der Waals surface area contributed by atoms with Crippen LogP contribution in [-0.4, -0.2) is 21.4 Å². The summed E-state index contributed by atoms with van der Waals surface area (Å²) in [5.41, 5.74) is 9.24. The summed E-state index contributed by atoms with van der Waals surface area (Å²) in [6.07, 6.45) is 4.81. The van der Waals surface area contributed by atoms with Gasteiger partial charge in [0, 0.05) is 28.9 Å². The lowest BCUT2D eigenvalue weighted by Gasteiger charge is -2.26. The normalized spacial score (nSPS) is 20.2. The molecule has 132 valence electrons. The molecule has 2 amide bonds. The second-order valence-electron chi connectivity index (χ2n) is 6.78. The molecule has 1 fully saturated rings. The second-order valence-corrected chi connectivity index (χ2v) is 6.78. The van der Waals surface area contributed by atoms with Crippen LogP contribution in [0.3, 0.4) is 0 Å². The molecule has 6 heteroatoms. The highest BCUT2D eigenvalue weighted by Crippen LogP contribution is 2.30. The standard InChI is InChI=1S/C19H24N4O2/c1-12-13(2)23(11-21-12)17-8-6-16(7-9-17)22-19(25)15-5-3-4-14(10-15)18(20)24/h6-9,11,14-15H,3-5,10H2,1-2H3,(H2,20,24)(H,22,25). The van der Waals surface area contributed by atoms with Crippen LogP contribution in [-0.2, 0) is 9.59 Å². The fourth-order valence-electron chi connectivity index (χ4n) is 3.40. The van der Waals surface area contributed by atoms with E-state index in [0.29, 0.717) is 6.42 Å². The zero-order valence-electron chi connectivity index (χ0n) is 14.7. The summed E-state index contributed by atoms with van der Waals surface area (Å²) in [7, 11) is 0. The zero-order chi connectivity index (χ0) is 18.0. The Hall–Kier alpha value is -2.63. The smallest absolute Gasteiger partial charge is 0.227 e. The molecule has 2 aromatic rings. The summed E-state index contributed by atoms with van der Waals surface area (Å²) in [6.45, 7) is 4.00. The number of nitrogens with one attached hydrogen (secondary N) is 1. The molecule has 1 aromatic heterocycles. The highest BCUT2D eigenvalue weighted by Gasteiger charge is 2.30. The first-order valence-electron chi connectivity index (χ1n) is 8.67. The first-order valence-corrected chi connectivity index (χ1v) is 8.67. The summed E-state index contributed by atoms with van der Waals surface area (Å²) >= 11 is 0. The molecule has 1 saturated carbocycles. The van der Waals surface area contributed by atoms with Crippen molar-refractivity contribution in [3.8, 4) is 5.69 Å². The van der Waals surface area contributed by atoms with Crippen molar-refractivity contribution in [3.63, 3.8) is 0 Å². The first kappa shape index (κ1) is 17.2. The maximum absolute atomic E-state index is 12.5. The number of aromatic nitrogens is 2. The summed E-state index contributed by atoms with van der Waals surface area (Å²) < 4.78 is 2.01. The molecule has 3 rings (SSSR count). The number of primary amides is 1. The van der Waals surface area contributed by atoms with Crippen LogP contribution < -0.4 is 11.1 Å². The molecular formula is C19H24N4O2. The van der Waals surface area contributed by atoms with Crippen molar-refractivity contribution in [2.24, 2.45) is 17.6 Å². The van der Waals surface area contributed by atoms with E-state index < -0.39 is 0 Å². The van der Waals surface area contributed by atoms with Gasteiger partial charge in [0.25, 0.3) is 0 Å². The largest absolute Gasteiger partial charge is 0.369 e. The highest BCUT2D eigenvalue weighted by molar-refractivity contribution is 5.93. The number of rotatable bonds is 4. The fourth-order valence-corrected chi connectivity index (χ4v) is 3.40. The van der Waals surface area contributed by atoms with E-state index in [9.17, 15) is 9.59 Å². The Kier molecular flexibility index (Phi) is 4.88. The molecule has 6 nitrogen and oxygen atoms in total. The predicted molar refractivity (Wildman–Crippen MR) is 96.3 cm³/mol. The molecule has 0 aliphatic heterocycles. The van der Waals surface area contributed by atoms with Crippen molar-refractivity contribution in [1.29, 1.82) is 0 Å². The predicted octanol–water partition coefficient (Wildman–Crippen LogP) is 2.72. The Balaban J connectivity index is 1.66. The number of amides is 2. The quantitative estimate of drug-likeness (QED) is 0.896. The molecular weight excluding hydrogens is 316 g/mol. The lowest BCUT2D eigenvalue weighted by Crippen LogP contribution is -2.33. The molecule has 25 heavy (non-hydrogen) atoms. The van der Waals surface area contributed by atoms with Crippen LogP contribution in [0.2, 0.25) is 0 Å². The van der Waals surface area contributed by atoms with Crippen LogP contribution >= 0.6 is 0 Å². The number of aryl methyl sites for hydroxylation is 1. The van der Waals surface area contributed by atoms with E-state index in [1.165, 1.54) is 0 Å². The topological polar surface area (TPSA) is 90.0 Å². The van der Waals surface area contributed by atoms with Crippen LogP contribution in [0, 0.1) is 25.7 Å². The summed E-state index contributed by atoms with van der Waals surface area (Å²) in [5, 5.41) is 2.95. The minimum absolute atomic E-state index is 0.0339. The summed E-state index contributed by atoms with van der Waals surface area (Å²) in [6, 6.07) is 7.68. The van der Waals surface area contributed by atoms with Crippen molar-refractivity contribution in [3.05, 3.63) is 42.0 Å². The first-order chi connectivity index (χ1) is 12.0. The van der Waals surface area contributed by atoms with Gasteiger partial charge in [0.05, 0.1) is 12.0 Å². The van der Waals surface area contributed by atoms with E-state index in [4.69, 9.17) is 5.73 Å². The van der Waals surface area contributed by atoms with Gasteiger partial charge in [-0.3, -0.25) is 9.59 Å². The second kappa shape index (κ2) is 7.09. The van der Waals surface area contributed by atoms with E-state index in [1.807, 2.05) is 42.7 Å². The Morgan fingerprint density at radius 2 is 1.84 bits per heavy atom. The van der Waals surface area contributed by atoms with Crippen LogP contribution in [0.5, 0.6) is 0 Å². The van der Waals surface area contributed by atoms with E-state index in [1.54, 1.807) is 6.33 Å². The molecule has 2 atom stereocenters. The molecule has 2 unspecified atom stereocenters. The van der Waals surface area contributed by atoms with Crippen molar-refractivity contribution in [1.82, 2.24) is 9.55 Å². The fraction of sp³-hybridized carbons (Fsp3) is 0.421. The van der Waals surface area contributed by atoms with Crippen LogP contribution in [0.1, 0.15) is 37.1 Å². The van der Waals surface area contributed by atoms with Crippen molar-refractivity contribution < 1.29 is 9.59 Å². The number of carbonyl (C=O) groups is 2. The molecule has 1 aromatic carbocycles. The van der Waals surface area contributed by atoms with Gasteiger partial charge in [-0.15, -0.1) is 0 Å². The molecule has 1 heterocycles. The zero-order valence-corrected chi connectivity index (χ0v) is 14.7. The van der Waals surface area contributed by atoms with E-state index in [0.717, 1.165) is 42.0 Å². The third kappa shape index (κ3) is 3.73. The van der Waals surface area contributed by atoms with Gasteiger partial charge < -0.3 is 15.6 Å². The van der Waals surface area contributed by atoms with Gasteiger partial charge in [-0.1, -0.05) is 6.42 Å². The number of nitrogens with two attached hydrogens (primary N) is 1. The number of hydrogen-bond acceptors (Lipinski definition) is 3. The van der Waals surface area contributed by atoms with Crippen molar-refractivity contribution >= 4 is 17.5 Å². The van der Waals surface area contributed by atoms with Crippen LogP contribution in [0.15, 0.2) is 30.6 Å². The van der Waals surface area contributed by atoms with Gasteiger partial charge in [0.15, 0.2) is 0 Å². The number of imidazole rings is 1. The van der Waals surface area contributed by atoms with Crippen molar-refractivity contribution in [2.75, 3.05) is 5.32 Å². The van der Waals surface area contributed by atoms with Crippen LogP contribution in [0.4, 0.5) is 5.69 Å².